The summed E-state index contributed by atoms with van der Waals surface area (Å²) in [4.78, 5) is 10.1. The van der Waals surface area contributed by atoms with Crippen molar-refractivity contribution in [3.05, 3.63) is 10.5 Å². The van der Waals surface area contributed by atoms with Crippen LogP contribution in [0.5, 0.6) is 0 Å². The minimum absolute atomic E-state index is 0.0633. The molecule has 0 heterocycles. The first-order valence-electron chi connectivity index (χ1n) is 7.30. The fourth-order valence-corrected chi connectivity index (χ4v) is 3.99. The molecule has 1 aliphatic carbocycles. The maximum Gasteiger partial charge on any atom is 0.460 e. The predicted molar refractivity (Wildman–Crippen MR) is 71.9 cm³/mol. The number of ether oxygens (including phenoxy) is 1. The molecule has 0 saturated carbocycles. The lowest BCUT2D eigenvalue weighted by atomic mass is 9.99. The van der Waals surface area contributed by atoms with Gasteiger partial charge in [0.15, 0.2) is 0 Å². The monoisotopic (exact) mass is 436 g/mol. The highest BCUT2D eigenvalue weighted by atomic mass is 32.2. The van der Waals surface area contributed by atoms with Crippen LogP contribution in [0.25, 0.3) is 0 Å². The number of carbonyl (C=O) groups excluding carboxylic acids is 1. The Balaban J connectivity index is 3.61. The van der Waals surface area contributed by atoms with Gasteiger partial charge in [0.1, 0.15) is 0 Å². The van der Waals surface area contributed by atoms with Crippen molar-refractivity contribution in [2.75, 3.05) is 6.61 Å². The number of sulfone groups is 1. The third kappa shape index (κ3) is 3.63. The van der Waals surface area contributed by atoms with Crippen molar-refractivity contribution in [2.24, 2.45) is 0 Å². The number of halogens is 9. The molecule has 4 nitrogen and oxygen atoms in total. The van der Waals surface area contributed by atoms with E-state index in [1.165, 1.54) is 6.92 Å². The molecule has 14 heteroatoms. The summed E-state index contributed by atoms with van der Waals surface area (Å²) < 4.78 is 145. The van der Waals surface area contributed by atoms with E-state index in [1.54, 1.807) is 0 Å². The second-order valence-corrected chi connectivity index (χ2v) is 7.51. The highest BCUT2D eigenvalue weighted by Gasteiger charge is 2.85. The zero-order chi connectivity index (χ0) is 21.5. The van der Waals surface area contributed by atoms with Crippen LogP contribution >= 0.6 is 0 Å². The maximum atomic E-state index is 13.9. The lowest BCUT2D eigenvalue weighted by Gasteiger charge is -2.34. The minimum atomic E-state index is -7.35. The normalized spacial score (nSPS) is 17.9. The highest BCUT2D eigenvalue weighted by molar-refractivity contribution is 7.96. The van der Waals surface area contributed by atoms with Gasteiger partial charge in [-0.25, -0.2) is 13.2 Å². The van der Waals surface area contributed by atoms with Crippen molar-refractivity contribution in [1.82, 2.24) is 0 Å². The fourth-order valence-electron chi connectivity index (χ4n) is 2.29. The van der Waals surface area contributed by atoms with Crippen LogP contribution in [0.15, 0.2) is 10.5 Å². The fraction of sp³-hybridized carbons (Fsp3) is 0.769. The second kappa shape index (κ2) is 7.17. The van der Waals surface area contributed by atoms with Gasteiger partial charge >= 0.3 is 29.2 Å². The van der Waals surface area contributed by atoms with Crippen LogP contribution in [0, 0.1) is 0 Å². The van der Waals surface area contributed by atoms with E-state index in [0.717, 1.165) is 0 Å². The molecule has 1 aliphatic rings. The summed E-state index contributed by atoms with van der Waals surface area (Å²) in [6, 6.07) is 0. The van der Waals surface area contributed by atoms with E-state index in [4.69, 9.17) is 0 Å². The summed E-state index contributed by atoms with van der Waals surface area (Å²) in [5.41, 5.74) is -0.978. The first-order chi connectivity index (χ1) is 12.0. The average Bonchev–Trinajstić information content (AvgIpc) is 2.53. The Morgan fingerprint density at radius 2 is 1.41 bits per heavy atom. The van der Waals surface area contributed by atoms with E-state index in [9.17, 15) is 52.7 Å². The molecule has 0 N–H and O–H groups in total. The van der Waals surface area contributed by atoms with Crippen molar-refractivity contribution in [1.29, 1.82) is 0 Å². The topological polar surface area (TPSA) is 60.4 Å². The molecule has 0 amide bonds. The van der Waals surface area contributed by atoms with Gasteiger partial charge in [0.05, 0.1) is 17.1 Å². The summed E-state index contributed by atoms with van der Waals surface area (Å²) in [6.07, 6.45) is -8.71. The predicted octanol–water partition coefficient (Wildman–Crippen LogP) is 4.22. The Kier molecular flexibility index (Phi) is 6.26. The Morgan fingerprint density at radius 3 is 1.85 bits per heavy atom. The van der Waals surface area contributed by atoms with Gasteiger partial charge in [0, 0.05) is 0 Å². The molecular weight excluding hydrogens is 423 g/mol. The Hall–Kier alpha value is -1.47. The molecule has 0 aromatic carbocycles. The van der Waals surface area contributed by atoms with Gasteiger partial charge in [-0.3, -0.25) is 0 Å². The largest absolute Gasteiger partial charge is 0.463 e. The zero-order valence-corrected chi connectivity index (χ0v) is 14.3. The van der Waals surface area contributed by atoms with Crippen LogP contribution in [-0.2, 0) is 19.4 Å². The third-order valence-corrected chi connectivity index (χ3v) is 5.75. The number of alkyl halides is 9. The Bertz CT molecular complexity index is 723. The van der Waals surface area contributed by atoms with Crippen LogP contribution in [0.3, 0.4) is 0 Å². The number of carbonyl (C=O) groups is 1. The van der Waals surface area contributed by atoms with E-state index < -0.39 is 62.4 Å². The average molecular weight is 436 g/mol. The van der Waals surface area contributed by atoms with Gasteiger partial charge in [-0.05, 0) is 32.6 Å². The van der Waals surface area contributed by atoms with E-state index in [-0.39, 0.29) is 19.4 Å². The van der Waals surface area contributed by atoms with Crippen molar-refractivity contribution in [2.45, 2.75) is 55.9 Å². The van der Waals surface area contributed by atoms with Crippen molar-refractivity contribution in [3.63, 3.8) is 0 Å². The molecule has 0 radical (unpaired) electrons. The van der Waals surface area contributed by atoms with Gasteiger partial charge in [0.25, 0.3) is 0 Å². The van der Waals surface area contributed by atoms with Gasteiger partial charge in [-0.1, -0.05) is 0 Å². The van der Waals surface area contributed by atoms with Crippen molar-refractivity contribution < 1.29 is 57.5 Å². The standard InChI is InChI=1S/C13H13F9O4S/c1-2-26-9(23)7-5-3-4-6-8(7)27(24,25)13(21,22)11(16,17)10(14,15)12(18,19)20/h2-6H2,1H3. The summed E-state index contributed by atoms with van der Waals surface area (Å²) in [7, 11) is -6.76. The molecule has 0 unspecified atom stereocenters. The molecule has 27 heavy (non-hydrogen) atoms. The maximum absolute atomic E-state index is 13.9. The summed E-state index contributed by atoms with van der Waals surface area (Å²) in [5, 5.41) is -6.84. The first kappa shape index (κ1) is 23.6. The van der Waals surface area contributed by atoms with Crippen LogP contribution < -0.4 is 0 Å². The zero-order valence-electron chi connectivity index (χ0n) is 13.5. The molecular formula is C13H13F9O4S. The molecule has 0 atom stereocenters. The second-order valence-electron chi connectivity index (χ2n) is 5.50. The van der Waals surface area contributed by atoms with Gasteiger partial charge in [-0.2, -0.15) is 39.5 Å². The van der Waals surface area contributed by atoms with Gasteiger partial charge in [-0.15, -0.1) is 0 Å². The van der Waals surface area contributed by atoms with E-state index in [0.29, 0.717) is 0 Å². The number of hydrogen-bond donors (Lipinski definition) is 0. The molecule has 0 bridgehead atoms. The van der Waals surface area contributed by atoms with Gasteiger partial charge < -0.3 is 4.74 Å². The van der Waals surface area contributed by atoms with Crippen LogP contribution in [-0.4, -0.2) is 44.3 Å². The number of rotatable bonds is 6. The lowest BCUT2D eigenvalue weighted by molar-refractivity contribution is -0.382. The highest BCUT2D eigenvalue weighted by Crippen LogP contribution is 2.56. The smallest absolute Gasteiger partial charge is 0.460 e. The molecule has 158 valence electrons. The Labute approximate surface area is 147 Å². The van der Waals surface area contributed by atoms with Crippen LogP contribution in [0.1, 0.15) is 32.6 Å². The Morgan fingerprint density at radius 1 is 0.926 bits per heavy atom. The molecule has 0 saturated heterocycles. The molecule has 0 aromatic rings. The van der Waals surface area contributed by atoms with E-state index in [1.807, 2.05) is 0 Å². The molecule has 0 aromatic heterocycles. The minimum Gasteiger partial charge on any atom is -0.463 e. The van der Waals surface area contributed by atoms with Crippen molar-refractivity contribution in [3.8, 4) is 0 Å². The van der Waals surface area contributed by atoms with E-state index in [2.05, 4.69) is 4.74 Å². The third-order valence-electron chi connectivity index (χ3n) is 3.72. The molecule has 0 spiro atoms. The van der Waals surface area contributed by atoms with E-state index >= 15 is 0 Å². The number of allylic oxidation sites excluding steroid dienone is 1. The summed E-state index contributed by atoms with van der Waals surface area (Å²) >= 11 is 0. The quantitative estimate of drug-likeness (QED) is 0.462. The molecule has 0 aliphatic heterocycles. The first-order valence-corrected chi connectivity index (χ1v) is 8.79. The number of esters is 1. The van der Waals surface area contributed by atoms with Gasteiger partial charge in [0.2, 0.25) is 9.84 Å². The molecule has 1 rings (SSSR count). The van der Waals surface area contributed by atoms with Crippen LogP contribution in [0.2, 0.25) is 0 Å². The SMILES string of the molecule is CCOC(=O)C1=C(S(=O)(=O)C(F)(F)C(F)(F)C(F)(F)C(F)(F)F)CCCC1. The number of hydrogen-bond acceptors (Lipinski definition) is 4. The van der Waals surface area contributed by atoms with Crippen LogP contribution in [0.4, 0.5) is 39.5 Å². The lowest BCUT2D eigenvalue weighted by Crippen LogP contribution is -2.63. The molecule has 0 fully saturated rings. The summed E-state index contributed by atoms with van der Waals surface area (Å²) in [5.74, 6) is -16.1. The summed E-state index contributed by atoms with van der Waals surface area (Å²) in [6.45, 7) is 0.899. The van der Waals surface area contributed by atoms with Crippen molar-refractivity contribution >= 4 is 15.8 Å².